The molecule has 32 heavy (non-hydrogen) atoms. The smallest absolute Gasteiger partial charge is 0.257 e. The van der Waals surface area contributed by atoms with Crippen LogP contribution in [0.2, 0.25) is 0 Å². The second-order valence-electron chi connectivity index (χ2n) is 7.63. The third kappa shape index (κ3) is 4.66. The normalized spacial score (nSPS) is 12.0. The van der Waals surface area contributed by atoms with E-state index < -0.39 is 0 Å². The number of amides is 2. The molecule has 1 aliphatic rings. The molecule has 6 nitrogen and oxygen atoms in total. The standard InChI is InChI=1S/C25H24N4O2S/c1-2-16-10-12-17(13-11-16)28-24(31)19-6-3-4-8-21(19)27-15-23(30)29-25-20(14-26)18-7-5-9-22(18)32-25/h3-4,6,8,10-13,27H,2,5,7,9,15H2,1H3,(H,28,31)(H,29,30). The van der Waals surface area contributed by atoms with E-state index in [4.69, 9.17) is 0 Å². The highest BCUT2D eigenvalue weighted by Crippen LogP contribution is 2.38. The van der Waals surface area contributed by atoms with Crippen molar-refractivity contribution in [3.8, 4) is 6.07 Å². The summed E-state index contributed by atoms with van der Waals surface area (Å²) in [4.78, 5) is 26.5. The van der Waals surface area contributed by atoms with Gasteiger partial charge in [0.15, 0.2) is 0 Å². The molecule has 0 spiro atoms. The Balaban J connectivity index is 1.40. The first-order valence-electron chi connectivity index (χ1n) is 10.7. The fourth-order valence-corrected chi connectivity index (χ4v) is 5.07. The van der Waals surface area contributed by atoms with Crippen molar-refractivity contribution in [2.75, 3.05) is 22.5 Å². The van der Waals surface area contributed by atoms with Gasteiger partial charge in [-0.3, -0.25) is 9.59 Å². The summed E-state index contributed by atoms with van der Waals surface area (Å²) in [5.74, 6) is -0.508. The number of hydrogen-bond acceptors (Lipinski definition) is 5. The molecule has 1 heterocycles. The van der Waals surface area contributed by atoms with Crippen LogP contribution in [-0.4, -0.2) is 18.4 Å². The fourth-order valence-electron chi connectivity index (χ4n) is 3.81. The van der Waals surface area contributed by atoms with Gasteiger partial charge in [0.05, 0.1) is 17.7 Å². The zero-order chi connectivity index (χ0) is 22.5. The lowest BCUT2D eigenvalue weighted by molar-refractivity contribution is -0.114. The Morgan fingerprint density at radius 1 is 1.06 bits per heavy atom. The molecule has 0 atom stereocenters. The number of carbonyl (C=O) groups excluding carboxylic acids is 2. The van der Waals surface area contributed by atoms with Crippen molar-refractivity contribution in [3.63, 3.8) is 0 Å². The van der Waals surface area contributed by atoms with Gasteiger partial charge in [-0.15, -0.1) is 11.3 Å². The number of nitrogens with zero attached hydrogens (tertiary/aromatic N) is 1. The molecule has 3 aromatic rings. The lowest BCUT2D eigenvalue weighted by Crippen LogP contribution is -2.23. The van der Waals surface area contributed by atoms with Crippen molar-refractivity contribution in [2.24, 2.45) is 0 Å². The predicted molar refractivity (Wildman–Crippen MR) is 128 cm³/mol. The van der Waals surface area contributed by atoms with Crippen LogP contribution in [0, 0.1) is 11.3 Å². The first-order chi connectivity index (χ1) is 15.6. The summed E-state index contributed by atoms with van der Waals surface area (Å²) in [5, 5.41) is 18.9. The molecule has 0 unspecified atom stereocenters. The summed E-state index contributed by atoms with van der Waals surface area (Å²) >= 11 is 1.49. The van der Waals surface area contributed by atoms with Gasteiger partial charge in [-0.2, -0.15) is 5.26 Å². The number of benzene rings is 2. The highest BCUT2D eigenvalue weighted by molar-refractivity contribution is 7.16. The molecule has 2 amide bonds. The van der Waals surface area contributed by atoms with E-state index in [1.807, 2.05) is 30.3 Å². The van der Waals surface area contributed by atoms with Gasteiger partial charge in [-0.1, -0.05) is 31.2 Å². The van der Waals surface area contributed by atoms with Gasteiger partial charge >= 0.3 is 0 Å². The van der Waals surface area contributed by atoms with Gasteiger partial charge in [-0.25, -0.2) is 0 Å². The number of rotatable bonds is 7. The van der Waals surface area contributed by atoms with Gasteiger partial charge in [0.2, 0.25) is 5.91 Å². The number of fused-ring (bicyclic) bond motifs is 1. The minimum Gasteiger partial charge on any atom is -0.376 e. The highest BCUT2D eigenvalue weighted by Gasteiger charge is 2.23. The largest absolute Gasteiger partial charge is 0.376 e. The van der Waals surface area contributed by atoms with Crippen LogP contribution in [0.1, 0.15) is 45.3 Å². The molecule has 0 fully saturated rings. The van der Waals surface area contributed by atoms with E-state index in [1.165, 1.54) is 21.8 Å². The topological polar surface area (TPSA) is 94.0 Å². The lowest BCUT2D eigenvalue weighted by atomic mass is 10.1. The summed E-state index contributed by atoms with van der Waals surface area (Å²) in [7, 11) is 0. The number of nitrogens with one attached hydrogen (secondary N) is 3. The maximum atomic E-state index is 12.8. The molecule has 1 aliphatic carbocycles. The van der Waals surface area contributed by atoms with Crippen LogP contribution < -0.4 is 16.0 Å². The molecule has 7 heteroatoms. The molecule has 2 aromatic carbocycles. The third-order valence-electron chi connectivity index (χ3n) is 5.52. The Bertz CT molecular complexity index is 1190. The van der Waals surface area contributed by atoms with Crippen molar-refractivity contribution in [2.45, 2.75) is 32.6 Å². The molecule has 0 saturated carbocycles. The quantitative estimate of drug-likeness (QED) is 0.479. The van der Waals surface area contributed by atoms with Gasteiger partial charge in [-0.05, 0) is 61.1 Å². The van der Waals surface area contributed by atoms with Crippen LogP contribution in [0.25, 0.3) is 0 Å². The summed E-state index contributed by atoms with van der Waals surface area (Å²) < 4.78 is 0. The average Bonchev–Trinajstić information content (AvgIpc) is 3.39. The Morgan fingerprint density at radius 2 is 1.84 bits per heavy atom. The zero-order valence-electron chi connectivity index (χ0n) is 17.8. The first kappa shape index (κ1) is 21.6. The van der Waals surface area contributed by atoms with Gasteiger partial charge < -0.3 is 16.0 Å². The van der Waals surface area contributed by atoms with Crippen LogP contribution in [-0.2, 0) is 24.1 Å². The third-order valence-corrected chi connectivity index (χ3v) is 6.72. The maximum absolute atomic E-state index is 12.8. The number of anilines is 3. The number of nitriles is 1. The lowest BCUT2D eigenvalue weighted by Gasteiger charge is -2.12. The Kier molecular flexibility index (Phi) is 6.52. The van der Waals surface area contributed by atoms with Crippen LogP contribution >= 0.6 is 11.3 Å². The Hall–Kier alpha value is -3.63. The van der Waals surface area contributed by atoms with E-state index in [1.54, 1.807) is 18.2 Å². The van der Waals surface area contributed by atoms with Crippen LogP contribution in [0.5, 0.6) is 0 Å². The summed E-state index contributed by atoms with van der Waals surface area (Å²) in [6.45, 7) is 2.07. The van der Waals surface area contributed by atoms with Crippen molar-refractivity contribution in [1.82, 2.24) is 0 Å². The molecular weight excluding hydrogens is 420 g/mol. The number of aryl methyl sites for hydroxylation is 2. The van der Waals surface area contributed by atoms with Crippen molar-refractivity contribution < 1.29 is 9.59 Å². The number of hydrogen-bond donors (Lipinski definition) is 3. The Labute approximate surface area is 191 Å². The SMILES string of the molecule is CCc1ccc(NC(=O)c2ccccc2NCC(=O)Nc2sc3c(c2C#N)CCC3)cc1. The molecule has 0 aliphatic heterocycles. The van der Waals surface area contributed by atoms with Crippen LogP contribution in [0.4, 0.5) is 16.4 Å². The summed E-state index contributed by atoms with van der Waals surface area (Å²) in [6, 6.07) is 17.0. The fraction of sp³-hybridized carbons (Fsp3) is 0.240. The molecular formula is C25H24N4O2S. The molecule has 3 N–H and O–H groups in total. The van der Waals surface area contributed by atoms with Crippen LogP contribution in [0.15, 0.2) is 48.5 Å². The van der Waals surface area contributed by atoms with Crippen molar-refractivity contribution in [1.29, 1.82) is 5.26 Å². The molecule has 4 rings (SSSR count). The number of carbonyl (C=O) groups is 2. The Morgan fingerprint density at radius 3 is 2.59 bits per heavy atom. The van der Waals surface area contributed by atoms with Crippen molar-refractivity contribution in [3.05, 3.63) is 75.7 Å². The van der Waals surface area contributed by atoms with Gasteiger partial charge in [0, 0.05) is 16.3 Å². The molecule has 0 bridgehead atoms. The molecule has 0 radical (unpaired) electrons. The zero-order valence-corrected chi connectivity index (χ0v) is 18.6. The minimum absolute atomic E-state index is 0.0110. The number of thiophene rings is 1. The highest BCUT2D eigenvalue weighted by atomic mass is 32.1. The van der Waals surface area contributed by atoms with E-state index in [0.29, 0.717) is 21.8 Å². The van der Waals surface area contributed by atoms with Gasteiger partial charge in [0.1, 0.15) is 11.1 Å². The summed E-state index contributed by atoms with van der Waals surface area (Å²) in [6.07, 6.45) is 3.86. The average molecular weight is 445 g/mol. The maximum Gasteiger partial charge on any atom is 0.257 e. The van der Waals surface area contributed by atoms with E-state index in [0.717, 1.165) is 36.9 Å². The predicted octanol–water partition coefficient (Wildman–Crippen LogP) is 4.97. The first-order valence-corrected chi connectivity index (χ1v) is 11.5. The molecule has 1 aromatic heterocycles. The molecule has 162 valence electrons. The number of para-hydroxylation sites is 1. The van der Waals surface area contributed by atoms with Crippen molar-refractivity contribution >= 4 is 39.5 Å². The van der Waals surface area contributed by atoms with E-state index in [2.05, 4.69) is 28.9 Å². The molecule has 0 saturated heterocycles. The monoisotopic (exact) mass is 444 g/mol. The minimum atomic E-state index is -0.258. The van der Waals surface area contributed by atoms with Gasteiger partial charge in [0.25, 0.3) is 5.91 Å². The van der Waals surface area contributed by atoms with E-state index in [-0.39, 0.29) is 18.4 Å². The summed E-state index contributed by atoms with van der Waals surface area (Å²) in [5.41, 5.74) is 4.60. The van der Waals surface area contributed by atoms with Crippen LogP contribution in [0.3, 0.4) is 0 Å². The second kappa shape index (κ2) is 9.67. The van der Waals surface area contributed by atoms with E-state index >= 15 is 0 Å². The van der Waals surface area contributed by atoms with E-state index in [9.17, 15) is 14.9 Å². The second-order valence-corrected chi connectivity index (χ2v) is 8.73.